The zero-order valence-corrected chi connectivity index (χ0v) is 5.25. The van der Waals surface area contributed by atoms with Crippen molar-refractivity contribution < 1.29 is 5.11 Å². The first-order valence-electron chi connectivity index (χ1n) is 3.06. The highest BCUT2D eigenvalue weighted by molar-refractivity contribution is 5.26. The van der Waals surface area contributed by atoms with E-state index < -0.39 is 0 Å². The van der Waals surface area contributed by atoms with Crippen LogP contribution in [0.5, 0.6) is 0 Å². The van der Waals surface area contributed by atoms with Crippen LogP contribution in [0.2, 0.25) is 0 Å². The Labute approximate surface area is 54.7 Å². The van der Waals surface area contributed by atoms with Crippen molar-refractivity contribution in [3.05, 3.63) is 23.8 Å². The maximum absolute atomic E-state index is 8.60. The van der Waals surface area contributed by atoms with Crippen LogP contribution in [0.4, 0.5) is 0 Å². The molecule has 1 rings (SSSR count). The molecule has 1 aliphatic carbocycles. The Bertz CT molecular complexity index is 149. The molecule has 0 radical (unpaired) electrons. The first-order chi connectivity index (χ1) is 4.34. The van der Waals surface area contributed by atoms with Crippen LogP contribution in [0.15, 0.2) is 23.8 Å². The van der Waals surface area contributed by atoms with Crippen LogP contribution in [-0.2, 0) is 0 Å². The van der Waals surface area contributed by atoms with Crippen LogP contribution >= 0.6 is 0 Å². The zero-order valence-electron chi connectivity index (χ0n) is 5.25. The predicted molar refractivity (Wildman–Crippen MR) is 36.9 cm³/mol. The Hall–Kier alpha value is -0.600. The van der Waals surface area contributed by atoms with Crippen molar-refractivity contribution in [2.24, 2.45) is 5.73 Å². The molecule has 0 aliphatic heterocycles. The lowest BCUT2D eigenvalue weighted by molar-refractivity contribution is 0.279. The molecule has 0 bridgehead atoms. The molecule has 0 unspecified atom stereocenters. The number of hydrogen-bond acceptors (Lipinski definition) is 2. The Morgan fingerprint density at radius 3 is 3.00 bits per heavy atom. The van der Waals surface area contributed by atoms with Crippen molar-refractivity contribution in [2.75, 3.05) is 6.61 Å². The highest BCUT2D eigenvalue weighted by atomic mass is 16.3. The molecule has 0 spiro atoms. The summed E-state index contributed by atoms with van der Waals surface area (Å²) in [7, 11) is 0. The number of allylic oxidation sites excluding steroid dienone is 3. The fourth-order valence-electron chi connectivity index (χ4n) is 0.856. The monoisotopic (exact) mass is 125 g/mol. The lowest BCUT2D eigenvalue weighted by Crippen LogP contribution is -2.25. The van der Waals surface area contributed by atoms with E-state index in [2.05, 4.69) is 0 Å². The van der Waals surface area contributed by atoms with Crippen molar-refractivity contribution in [1.29, 1.82) is 0 Å². The summed E-state index contributed by atoms with van der Waals surface area (Å²) in [6, 6.07) is -0.153. The van der Waals surface area contributed by atoms with Crippen LogP contribution in [0.25, 0.3) is 0 Å². The molecule has 2 nitrogen and oxygen atoms in total. The van der Waals surface area contributed by atoms with Gasteiger partial charge in [0.2, 0.25) is 0 Å². The molecule has 2 heteroatoms. The van der Waals surface area contributed by atoms with Crippen LogP contribution in [0.1, 0.15) is 6.42 Å². The average Bonchev–Trinajstić information content (AvgIpc) is 2.37. The van der Waals surface area contributed by atoms with Gasteiger partial charge in [0.15, 0.2) is 0 Å². The molecule has 3 N–H and O–H groups in total. The lowest BCUT2D eigenvalue weighted by Gasteiger charge is -2.07. The van der Waals surface area contributed by atoms with Crippen molar-refractivity contribution in [2.45, 2.75) is 12.5 Å². The topological polar surface area (TPSA) is 46.2 Å². The maximum atomic E-state index is 8.60. The van der Waals surface area contributed by atoms with Gasteiger partial charge in [-0.15, -0.1) is 0 Å². The largest absolute Gasteiger partial charge is 0.394 e. The molecule has 0 aromatic carbocycles. The fraction of sp³-hybridized carbons (Fsp3) is 0.429. The number of aliphatic hydroxyl groups excluding tert-OH is 1. The molecule has 0 aromatic heterocycles. The van der Waals surface area contributed by atoms with Gasteiger partial charge < -0.3 is 10.8 Å². The summed E-state index contributed by atoms with van der Waals surface area (Å²) in [5.41, 5.74) is 6.64. The van der Waals surface area contributed by atoms with E-state index in [1.54, 1.807) is 0 Å². The van der Waals surface area contributed by atoms with Gasteiger partial charge in [-0.3, -0.25) is 0 Å². The summed E-state index contributed by atoms with van der Waals surface area (Å²) in [6.07, 6.45) is 6.86. The normalized spacial score (nSPS) is 20.0. The maximum Gasteiger partial charge on any atom is 0.0621 e. The van der Waals surface area contributed by atoms with Crippen molar-refractivity contribution >= 4 is 0 Å². The number of aliphatic hydroxyl groups is 1. The summed E-state index contributed by atoms with van der Waals surface area (Å²) < 4.78 is 0. The fourth-order valence-corrected chi connectivity index (χ4v) is 0.856. The summed E-state index contributed by atoms with van der Waals surface area (Å²) in [5, 5.41) is 8.60. The minimum Gasteiger partial charge on any atom is -0.394 e. The van der Waals surface area contributed by atoms with Gasteiger partial charge in [0.05, 0.1) is 6.61 Å². The van der Waals surface area contributed by atoms with Crippen LogP contribution < -0.4 is 5.73 Å². The van der Waals surface area contributed by atoms with Gasteiger partial charge in [-0.1, -0.05) is 18.2 Å². The SMILES string of the molecule is N[C@H](CO)C1=CC=CC1. The lowest BCUT2D eigenvalue weighted by atomic mass is 10.1. The van der Waals surface area contributed by atoms with Crippen molar-refractivity contribution in [3.63, 3.8) is 0 Å². The van der Waals surface area contributed by atoms with E-state index in [0.29, 0.717) is 0 Å². The molecule has 9 heavy (non-hydrogen) atoms. The van der Waals surface area contributed by atoms with E-state index in [9.17, 15) is 0 Å². The average molecular weight is 125 g/mol. The van der Waals surface area contributed by atoms with Gasteiger partial charge in [0, 0.05) is 6.04 Å². The number of nitrogens with two attached hydrogens (primary N) is 1. The van der Waals surface area contributed by atoms with Gasteiger partial charge in [-0.25, -0.2) is 0 Å². The number of rotatable bonds is 2. The quantitative estimate of drug-likeness (QED) is 0.553. The first kappa shape index (κ1) is 6.52. The smallest absolute Gasteiger partial charge is 0.0621 e. The van der Waals surface area contributed by atoms with Crippen LogP contribution in [0.3, 0.4) is 0 Å². The second kappa shape index (κ2) is 2.80. The summed E-state index contributed by atoms with van der Waals surface area (Å²) in [6.45, 7) is 0.0491. The molecule has 1 aliphatic rings. The second-order valence-corrected chi connectivity index (χ2v) is 2.16. The predicted octanol–water partition coefficient (Wildman–Crippen LogP) is 0.192. The van der Waals surface area contributed by atoms with Gasteiger partial charge in [0.1, 0.15) is 0 Å². The van der Waals surface area contributed by atoms with Crippen molar-refractivity contribution in [1.82, 2.24) is 0 Å². The third kappa shape index (κ3) is 1.40. The van der Waals surface area contributed by atoms with E-state index in [4.69, 9.17) is 10.8 Å². The summed E-state index contributed by atoms with van der Waals surface area (Å²) in [4.78, 5) is 0. The third-order valence-corrected chi connectivity index (χ3v) is 1.47. The van der Waals surface area contributed by atoms with Gasteiger partial charge >= 0.3 is 0 Å². The molecule has 0 saturated carbocycles. The van der Waals surface area contributed by atoms with E-state index in [0.717, 1.165) is 12.0 Å². The summed E-state index contributed by atoms with van der Waals surface area (Å²) >= 11 is 0. The molecule has 0 heterocycles. The first-order valence-corrected chi connectivity index (χ1v) is 3.06. The van der Waals surface area contributed by atoms with E-state index in [1.807, 2.05) is 18.2 Å². The minimum atomic E-state index is -0.153. The number of hydrogen-bond donors (Lipinski definition) is 2. The molecule has 0 amide bonds. The van der Waals surface area contributed by atoms with E-state index >= 15 is 0 Å². The minimum absolute atomic E-state index is 0.0491. The standard InChI is InChI=1S/C7H11NO/c8-7(5-9)6-3-1-2-4-6/h1-3,7,9H,4-5,8H2/t7-/m1/s1. The van der Waals surface area contributed by atoms with Crippen LogP contribution in [0, 0.1) is 0 Å². The Kier molecular flexibility index (Phi) is 2.03. The van der Waals surface area contributed by atoms with Gasteiger partial charge in [-0.05, 0) is 12.0 Å². The Morgan fingerprint density at radius 1 is 1.78 bits per heavy atom. The van der Waals surface area contributed by atoms with E-state index in [-0.39, 0.29) is 12.6 Å². The highest BCUT2D eigenvalue weighted by Crippen LogP contribution is 2.12. The molecular formula is C7H11NO. The Balaban J connectivity index is 2.45. The highest BCUT2D eigenvalue weighted by Gasteiger charge is 2.07. The van der Waals surface area contributed by atoms with E-state index in [1.165, 1.54) is 0 Å². The molecule has 0 fully saturated rings. The van der Waals surface area contributed by atoms with Crippen molar-refractivity contribution in [3.8, 4) is 0 Å². The summed E-state index contributed by atoms with van der Waals surface area (Å²) in [5.74, 6) is 0. The molecule has 0 saturated heterocycles. The molecule has 50 valence electrons. The molecule has 1 atom stereocenters. The molecule has 0 aromatic rings. The third-order valence-electron chi connectivity index (χ3n) is 1.47. The zero-order chi connectivity index (χ0) is 6.69. The van der Waals surface area contributed by atoms with Gasteiger partial charge in [0.25, 0.3) is 0 Å². The van der Waals surface area contributed by atoms with Crippen LogP contribution in [-0.4, -0.2) is 17.8 Å². The molecular weight excluding hydrogens is 114 g/mol. The van der Waals surface area contributed by atoms with Gasteiger partial charge in [-0.2, -0.15) is 0 Å². The Morgan fingerprint density at radius 2 is 2.56 bits per heavy atom. The second-order valence-electron chi connectivity index (χ2n) is 2.16.